The number of benzene rings is 2. The topological polar surface area (TPSA) is 113 Å². The van der Waals surface area contributed by atoms with Crippen molar-refractivity contribution in [3.63, 3.8) is 0 Å². The molecule has 5 aromatic rings. The number of aryl methyl sites for hydroxylation is 1. The highest BCUT2D eigenvalue weighted by Crippen LogP contribution is 2.32. The largest absolute Gasteiger partial charge is 0.481 e. The third-order valence-corrected chi connectivity index (χ3v) is 11.3. The Morgan fingerprint density at radius 2 is 1.82 bits per heavy atom. The van der Waals surface area contributed by atoms with E-state index in [1.165, 1.54) is 11.3 Å². The monoisotopic (exact) mass is 744 g/mol. The molecule has 5 rings (SSSR count). The first-order valence-electron chi connectivity index (χ1n) is 16.8. The number of anilines is 2. The van der Waals surface area contributed by atoms with E-state index < -0.39 is 14.0 Å². The number of hydrogen-bond acceptors (Lipinski definition) is 12. The summed E-state index contributed by atoms with van der Waals surface area (Å²) in [5.41, 5.74) is 2.05. The van der Waals surface area contributed by atoms with Gasteiger partial charge in [0.2, 0.25) is 0 Å². The van der Waals surface area contributed by atoms with Crippen LogP contribution in [0, 0.1) is 18.8 Å². The van der Waals surface area contributed by atoms with Crippen molar-refractivity contribution in [2.75, 3.05) is 45.0 Å². The van der Waals surface area contributed by atoms with Gasteiger partial charge in [0.15, 0.2) is 27.3 Å². The Kier molecular flexibility index (Phi) is 13.5. The maximum atomic E-state index is 13.0. The van der Waals surface area contributed by atoms with Crippen molar-refractivity contribution >= 4 is 63.7 Å². The second kappa shape index (κ2) is 18.2. The molecule has 0 saturated carbocycles. The number of para-hydroxylation sites is 2. The first kappa shape index (κ1) is 37.9. The normalized spacial score (nSPS) is 11.8. The number of carbonyl (C=O) groups is 1. The fraction of sp³-hybridized carbons (Fsp3) is 0.378. The summed E-state index contributed by atoms with van der Waals surface area (Å²) in [6.07, 6.45) is 0.684. The van der Waals surface area contributed by atoms with Gasteiger partial charge < -0.3 is 23.8 Å². The first-order valence-corrected chi connectivity index (χ1v) is 22.2. The molecule has 0 spiro atoms. The predicted octanol–water partition coefficient (Wildman–Crippen LogP) is 7.58. The summed E-state index contributed by atoms with van der Waals surface area (Å²) in [6, 6.07) is 20.7. The highest BCUT2D eigenvalue weighted by Gasteiger charge is 2.24. The maximum absolute atomic E-state index is 13.0. The van der Waals surface area contributed by atoms with Crippen LogP contribution in [0.15, 0.2) is 65.7 Å². The number of nitrogens with zero attached hydrogens (tertiary/aromatic N) is 6. The summed E-state index contributed by atoms with van der Waals surface area (Å²) in [6.45, 7) is 13.3. The molecular weight excluding hydrogens is 701 g/mol. The standard InChI is InChI=1S/C37H44N6O5S2Si/c1-7-47-35(44)33-31(19-13-22-48-28-15-9-8-10-16-28)50-36(38-33)42(20-14-21-45-3)32-25-27(2)34(41-40-32)39-37-43(26-46-23-24-51(4,5)6)29-17-11-12-18-30(29)49-37/h8-12,15-18,25H,7,14,20-24,26H2,1-6H3/b39-37-. The van der Waals surface area contributed by atoms with Crippen molar-refractivity contribution in [1.82, 2.24) is 19.7 Å². The van der Waals surface area contributed by atoms with Gasteiger partial charge in [0.05, 0.1) is 16.8 Å². The maximum Gasteiger partial charge on any atom is 0.359 e. The molecule has 0 fully saturated rings. The van der Waals surface area contributed by atoms with Gasteiger partial charge in [0, 0.05) is 34.9 Å². The van der Waals surface area contributed by atoms with Gasteiger partial charge in [-0.1, -0.05) is 78.6 Å². The molecule has 0 saturated heterocycles. The molecule has 3 heterocycles. The second-order valence-corrected chi connectivity index (χ2v) is 20.4. The average Bonchev–Trinajstić information content (AvgIpc) is 3.69. The van der Waals surface area contributed by atoms with Crippen LogP contribution in [0.4, 0.5) is 16.8 Å². The Morgan fingerprint density at radius 1 is 1.04 bits per heavy atom. The van der Waals surface area contributed by atoms with Crippen LogP contribution < -0.4 is 14.4 Å². The van der Waals surface area contributed by atoms with E-state index in [-0.39, 0.29) is 18.9 Å². The molecule has 0 bridgehead atoms. The molecule has 0 aliphatic rings. The fourth-order valence-electron chi connectivity index (χ4n) is 4.84. The lowest BCUT2D eigenvalue weighted by Gasteiger charge is -2.20. The molecule has 14 heteroatoms. The molecule has 0 amide bonds. The Balaban J connectivity index is 1.46. The zero-order chi connectivity index (χ0) is 36.2. The minimum atomic E-state index is -1.22. The molecule has 0 atom stereocenters. The predicted molar refractivity (Wildman–Crippen MR) is 206 cm³/mol. The Labute approximate surface area is 307 Å². The second-order valence-electron chi connectivity index (χ2n) is 12.7. The molecule has 51 heavy (non-hydrogen) atoms. The smallest absolute Gasteiger partial charge is 0.359 e. The van der Waals surface area contributed by atoms with Gasteiger partial charge in [-0.2, -0.15) is 4.99 Å². The number of rotatable bonds is 16. The fourth-order valence-corrected chi connectivity index (χ4v) is 7.58. The van der Waals surface area contributed by atoms with E-state index in [9.17, 15) is 4.79 Å². The molecule has 2 aromatic carbocycles. The van der Waals surface area contributed by atoms with E-state index in [1.807, 2.05) is 60.4 Å². The highest BCUT2D eigenvalue weighted by molar-refractivity contribution is 7.16. The zero-order valence-electron chi connectivity index (χ0n) is 30.0. The number of hydrogen-bond donors (Lipinski definition) is 0. The van der Waals surface area contributed by atoms with Gasteiger partial charge in [-0.25, -0.2) is 9.78 Å². The van der Waals surface area contributed by atoms with E-state index in [4.69, 9.17) is 28.9 Å². The van der Waals surface area contributed by atoms with Crippen molar-refractivity contribution in [3.05, 3.63) is 81.6 Å². The molecular formula is C37H44N6O5S2Si. The minimum absolute atomic E-state index is 0.150. The van der Waals surface area contributed by atoms with Crippen LogP contribution >= 0.6 is 22.7 Å². The van der Waals surface area contributed by atoms with Gasteiger partial charge in [0.25, 0.3) is 0 Å². The molecule has 0 aliphatic carbocycles. The number of aromatic nitrogens is 4. The summed E-state index contributed by atoms with van der Waals surface area (Å²) >= 11 is 2.88. The summed E-state index contributed by atoms with van der Waals surface area (Å²) in [5.74, 6) is 7.33. The number of thiazole rings is 2. The lowest BCUT2D eigenvalue weighted by molar-refractivity contribution is 0.0520. The van der Waals surface area contributed by atoms with E-state index >= 15 is 0 Å². The molecule has 3 aromatic heterocycles. The van der Waals surface area contributed by atoms with Crippen molar-refractivity contribution in [1.29, 1.82) is 0 Å². The van der Waals surface area contributed by atoms with Crippen LogP contribution in [0.2, 0.25) is 25.7 Å². The third-order valence-electron chi connectivity index (χ3n) is 7.53. The third kappa shape index (κ3) is 10.6. The molecule has 268 valence electrons. The number of carbonyl (C=O) groups excluding carboxylic acids is 1. The first-order chi connectivity index (χ1) is 24.7. The van der Waals surface area contributed by atoms with E-state index in [0.29, 0.717) is 60.3 Å². The Hall–Kier alpha value is -4.39. The number of fused-ring (bicyclic) bond motifs is 1. The van der Waals surface area contributed by atoms with Crippen LogP contribution in [-0.4, -0.2) is 73.9 Å². The van der Waals surface area contributed by atoms with Crippen LogP contribution in [0.5, 0.6) is 5.75 Å². The van der Waals surface area contributed by atoms with Gasteiger partial charge in [-0.05, 0) is 68.1 Å². The van der Waals surface area contributed by atoms with Gasteiger partial charge in [-0.3, -0.25) is 4.57 Å². The molecule has 0 aliphatic heterocycles. The molecule has 0 N–H and O–H groups in total. The van der Waals surface area contributed by atoms with Gasteiger partial charge in [0.1, 0.15) is 24.0 Å². The van der Waals surface area contributed by atoms with Crippen molar-refractivity contribution < 1.29 is 23.7 Å². The van der Waals surface area contributed by atoms with Gasteiger partial charge >= 0.3 is 5.97 Å². The quantitative estimate of drug-likeness (QED) is 0.0437. The summed E-state index contributed by atoms with van der Waals surface area (Å²) in [5, 5.41) is 9.73. The highest BCUT2D eigenvalue weighted by atomic mass is 32.1. The Bertz CT molecular complexity index is 2050. The molecule has 11 nitrogen and oxygen atoms in total. The lowest BCUT2D eigenvalue weighted by Crippen LogP contribution is -2.23. The molecule has 0 radical (unpaired) electrons. The molecule has 0 unspecified atom stereocenters. The zero-order valence-corrected chi connectivity index (χ0v) is 32.6. The van der Waals surface area contributed by atoms with Gasteiger partial charge in [-0.15, -0.1) is 10.2 Å². The van der Waals surface area contributed by atoms with Crippen molar-refractivity contribution in [2.24, 2.45) is 4.99 Å². The van der Waals surface area contributed by atoms with Crippen LogP contribution in [0.1, 0.15) is 34.3 Å². The number of methoxy groups -OCH3 is 1. The van der Waals surface area contributed by atoms with E-state index in [1.54, 1.807) is 25.4 Å². The summed E-state index contributed by atoms with van der Waals surface area (Å²) < 4.78 is 25.8. The SMILES string of the molecule is CCOC(=O)c1nc(N(CCCOC)c2cc(C)c(/N=c3\sc4ccccc4n3COCC[Si](C)(C)C)nn2)sc1C#CCOc1ccccc1. The number of esters is 1. The van der Waals surface area contributed by atoms with E-state index in [2.05, 4.69) is 58.4 Å². The lowest BCUT2D eigenvalue weighted by atomic mass is 10.3. The van der Waals surface area contributed by atoms with Crippen molar-refractivity contribution in [3.8, 4) is 17.6 Å². The van der Waals surface area contributed by atoms with Crippen LogP contribution in [-0.2, 0) is 20.9 Å². The van der Waals surface area contributed by atoms with Crippen LogP contribution in [0.25, 0.3) is 10.2 Å². The number of ether oxygens (including phenoxy) is 4. The van der Waals surface area contributed by atoms with E-state index in [0.717, 1.165) is 26.6 Å². The van der Waals surface area contributed by atoms with Crippen molar-refractivity contribution in [2.45, 2.75) is 52.7 Å². The van der Waals surface area contributed by atoms with Crippen LogP contribution in [0.3, 0.4) is 0 Å². The minimum Gasteiger partial charge on any atom is -0.481 e. The average molecular weight is 745 g/mol. The summed E-state index contributed by atoms with van der Waals surface area (Å²) in [7, 11) is 0.443. The Morgan fingerprint density at radius 3 is 2.57 bits per heavy atom. The summed E-state index contributed by atoms with van der Waals surface area (Å²) in [4.78, 5) is 25.8.